The smallest absolute Gasteiger partial charge is 0.410 e. The van der Waals surface area contributed by atoms with E-state index in [1.807, 2.05) is 4.90 Å². The molecule has 1 aromatic carbocycles. The molecule has 1 amide bonds. The van der Waals surface area contributed by atoms with Gasteiger partial charge in [-0.3, -0.25) is 4.98 Å². The minimum absolute atomic E-state index is 0.218. The molecule has 5 nitrogen and oxygen atoms in total. The number of hydrogen-bond acceptors (Lipinski definition) is 5. The van der Waals surface area contributed by atoms with Gasteiger partial charge in [-0.1, -0.05) is 26.0 Å². The molecule has 0 atom stereocenters. The molecule has 1 aromatic heterocycles. The number of amides is 1. The Morgan fingerprint density at radius 1 is 1.32 bits per heavy atom. The van der Waals surface area contributed by atoms with Gasteiger partial charge in [0.25, 0.3) is 0 Å². The molecule has 0 N–H and O–H groups in total. The summed E-state index contributed by atoms with van der Waals surface area (Å²) in [4.78, 5) is 19.0. The van der Waals surface area contributed by atoms with E-state index in [9.17, 15) is 4.79 Å². The third kappa shape index (κ3) is 5.71. The van der Waals surface area contributed by atoms with Gasteiger partial charge in [0.2, 0.25) is 0 Å². The molecule has 152 valence electrons. The van der Waals surface area contributed by atoms with Crippen LogP contribution in [0.1, 0.15) is 55.0 Å². The molecule has 1 aliphatic rings. The summed E-state index contributed by atoms with van der Waals surface area (Å²) in [5, 5.41) is 0. The van der Waals surface area contributed by atoms with Gasteiger partial charge in [-0.15, -0.1) is 11.3 Å². The number of aromatic nitrogens is 1. The highest BCUT2D eigenvalue weighted by molar-refractivity contribution is 7.09. The first-order valence-electron chi connectivity index (χ1n) is 10.1. The Morgan fingerprint density at radius 3 is 2.79 bits per heavy atom. The fraction of sp³-hybridized carbons (Fsp3) is 0.545. The molecule has 2 aromatic rings. The summed E-state index contributed by atoms with van der Waals surface area (Å²) in [6.45, 7) is 9.04. The van der Waals surface area contributed by atoms with Crippen LogP contribution in [-0.4, -0.2) is 35.7 Å². The molecule has 3 rings (SSSR count). The second kappa shape index (κ2) is 9.92. The first kappa shape index (κ1) is 20.6. The maximum Gasteiger partial charge on any atom is 0.410 e. The number of piperidine rings is 1. The van der Waals surface area contributed by atoms with E-state index in [1.54, 1.807) is 11.7 Å². The number of nitrogens with zero attached hydrogens (tertiary/aromatic N) is 2. The number of carbonyl (C=O) groups excluding carboxylic acids is 1. The van der Waals surface area contributed by atoms with Gasteiger partial charge >= 0.3 is 6.09 Å². The summed E-state index contributed by atoms with van der Waals surface area (Å²) in [6.07, 6.45) is 4.55. The van der Waals surface area contributed by atoms with Crippen molar-refractivity contribution in [2.75, 3.05) is 19.7 Å². The summed E-state index contributed by atoms with van der Waals surface area (Å²) < 4.78 is 11.5. The average molecular weight is 403 g/mol. The van der Waals surface area contributed by atoms with Gasteiger partial charge < -0.3 is 14.4 Å². The van der Waals surface area contributed by atoms with E-state index in [0.29, 0.717) is 18.4 Å². The second-order valence-electron chi connectivity index (χ2n) is 7.79. The predicted octanol–water partition coefficient (Wildman–Crippen LogP) is 5.39. The fourth-order valence-electron chi connectivity index (χ4n) is 3.52. The molecular weight excluding hydrogens is 372 g/mol. The Labute approximate surface area is 171 Å². The van der Waals surface area contributed by atoms with Crippen molar-refractivity contribution >= 4 is 17.4 Å². The number of benzene rings is 1. The van der Waals surface area contributed by atoms with Gasteiger partial charge in [0, 0.05) is 19.3 Å². The standard InChI is InChI=1S/C22H30N2O3S/c1-16(2)20-5-4-17(3)12-21(20)26-11-8-18-6-9-24(10-7-18)22(25)27-14-19-13-23-15-28-19/h4-5,12-13,15-16,18H,6-11,14H2,1-3H3. The van der Waals surface area contributed by atoms with Gasteiger partial charge in [0.15, 0.2) is 0 Å². The van der Waals surface area contributed by atoms with E-state index >= 15 is 0 Å². The van der Waals surface area contributed by atoms with Crippen molar-refractivity contribution in [1.82, 2.24) is 9.88 Å². The lowest BCUT2D eigenvalue weighted by molar-refractivity contribution is 0.0806. The molecule has 0 aliphatic carbocycles. The van der Waals surface area contributed by atoms with Crippen molar-refractivity contribution in [2.45, 2.75) is 52.6 Å². The van der Waals surface area contributed by atoms with E-state index in [4.69, 9.17) is 9.47 Å². The van der Waals surface area contributed by atoms with Gasteiger partial charge in [0.05, 0.1) is 17.0 Å². The first-order valence-corrected chi connectivity index (χ1v) is 10.9. The highest BCUT2D eigenvalue weighted by atomic mass is 32.1. The van der Waals surface area contributed by atoms with Gasteiger partial charge in [-0.2, -0.15) is 0 Å². The van der Waals surface area contributed by atoms with Crippen LogP contribution in [0.3, 0.4) is 0 Å². The van der Waals surface area contributed by atoms with Crippen LogP contribution in [0.2, 0.25) is 0 Å². The molecule has 0 unspecified atom stereocenters. The zero-order valence-electron chi connectivity index (χ0n) is 17.0. The summed E-state index contributed by atoms with van der Waals surface area (Å²) in [5.74, 6) is 2.06. The number of ether oxygens (including phenoxy) is 2. The van der Waals surface area contributed by atoms with Crippen molar-refractivity contribution < 1.29 is 14.3 Å². The van der Waals surface area contributed by atoms with E-state index in [2.05, 4.69) is 44.0 Å². The topological polar surface area (TPSA) is 51.7 Å². The number of thiazole rings is 1. The van der Waals surface area contributed by atoms with Crippen molar-refractivity contribution in [3.63, 3.8) is 0 Å². The quantitative estimate of drug-likeness (QED) is 0.623. The number of hydrogen-bond donors (Lipinski definition) is 0. The lowest BCUT2D eigenvalue weighted by Gasteiger charge is -2.31. The zero-order valence-corrected chi connectivity index (χ0v) is 17.8. The minimum atomic E-state index is -0.218. The summed E-state index contributed by atoms with van der Waals surface area (Å²) in [7, 11) is 0. The third-order valence-electron chi connectivity index (χ3n) is 5.27. The molecule has 0 bridgehead atoms. The average Bonchev–Trinajstić information content (AvgIpc) is 3.20. The molecule has 6 heteroatoms. The minimum Gasteiger partial charge on any atom is -0.493 e. The molecule has 1 saturated heterocycles. The highest BCUT2D eigenvalue weighted by Crippen LogP contribution is 2.28. The fourth-order valence-corrected chi connectivity index (χ4v) is 4.03. The maximum absolute atomic E-state index is 12.2. The summed E-state index contributed by atoms with van der Waals surface area (Å²) in [5.41, 5.74) is 4.24. The lowest BCUT2D eigenvalue weighted by atomic mass is 9.94. The van der Waals surface area contributed by atoms with Crippen LogP contribution in [0, 0.1) is 12.8 Å². The highest BCUT2D eigenvalue weighted by Gasteiger charge is 2.24. The number of carbonyl (C=O) groups is 1. The summed E-state index contributed by atoms with van der Waals surface area (Å²) >= 11 is 1.50. The molecular formula is C22H30N2O3S. The Hall–Kier alpha value is -2.08. The molecule has 1 fully saturated rings. The maximum atomic E-state index is 12.2. The van der Waals surface area contributed by atoms with Gasteiger partial charge in [-0.05, 0) is 55.2 Å². The molecule has 0 saturated carbocycles. The Balaban J connectivity index is 1.39. The summed E-state index contributed by atoms with van der Waals surface area (Å²) in [6, 6.07) is 6.45. The van der Waals surface area contributed by atoms with Crippen molar-refractivity contribution in [3.8, 4) is 5.75 Å². The molecule has 0 radical (unpaired) electrons. The molecule has 1 aliphatic heterocycles. The number of rotatable bonds is 7. The SMILES string of the molecule is Cc1ccc(C(C)C)c(OCCC2CCN(C(=O)OCc3cncs3)CC2)c1. The monoisotopic (exact) mass is 402 g/mol. The van der Waals surface area contributed by atoms with E-state index in [0.717, 1.165) is 49.6 Å². The lowest BCUT2D eigenvalue weighted by Crippen LogP contribution is -2.39. The van der Waals surface area contributed by atoms with E-state index < -0.39 is 0 Å². The normalized spacial score (nSPS) is 15.1. The van der Waals surface area contributed by atoms with E-state index in [-0.39, 0.29) is 6.09 Å². The van der Waals surface area contributed by atoms with E-state index in [1.165, 1.54) is 22.5 Å². The molecule has 28 heavy (non-hydrogen) atoms. The molecule has 2 heterocycles. The van der Waals surface area contributed by atoms with Crippen LogP contribution in [0.25, 0.3) is 0 Å². The number of aryl methyl sites for hydroxylation is 1. The Morgan fingerprint density at radius 2 is 2.11 bits per heavy atom. The van der Waals surface area contributed by atoms with Crippen molar-refractivity contribution in [2.24, 2.45) is 5.92 Å². The van der Waals surface area contributed by atoms with Crippen molar-refractivity contribution in [1.29, 1.82) is 0 Å². The van der Waals surface area contributed by atoms with Crippen LogP contribution >= 0.6 is 11.3 Å². The van der Waals surface area contributed by atoms with Crippen LogP contribution < -0.4 is 4.74 Å². The van der Waals surface area contributed by atoms with Crippen LogP contribution in [-0.2, 0) is 11.3 Å². The van der Waals surface area contributed by atoms with Gasteiger partial charge in [0.1, 0.15) is 12.4 Å². The first-order chi connectivity index (χ1) is 13.5. The van der Waals surface area contributed by atoms with Crippen molar-refractivity contribution in [3.05, 3.63) is 45.9 Å². The Bertz CT molecular complexity index is 753. The number of likely N-dealkylation sites (tertiary alicyclic amines) is 1. The Kier molecular flexibility index (Phi) is 7.31. The predicted molar refractivity (Wildman–Crippen MR) is 112 cm³/mol. The van der Waals surface area contributed by atoms with Gasteiger partial charge in [-0.25, -0.2) is 4.79 Å². The van der Waals surface area contributed by atoms with Crippen LogP contribution in [0.5, 0.6) is 5.75 Å². The molecule has 0 spiro atoms. The second-order valence-corrected chi connectivity index (χ2v) is 8.76. The van der Waals surface area contributed by atoms with Crippen LogP contribution in [0.15, 0.2) is 29.9 Å². The third-order valence-corrected chi connectivity index (χ3v) is 6.02. The zero-order chi connectivity index (χ0) is 19.9. The van der Waals surface area contributed by atoms with Crippen LogP contribution in [0.4, 0.5) is 4.79 Å². The largest absolute Gasteiger partial charge is 0.493 e.